The van der Waals surface area contributed by atoms with E-state index in [1.807, 2.05) is 19.1 Å². The molecule has 0 saturated carbocycles. The van der Waals surface area contributed by atoms with Gasteiger partial charge in [-0.3, -0.25) is 4.79 Å². The van der Waals surface area contributed by atoms with Gasteiger partial charge in [-0.2, -0.15) is 0 Å². The van der Waals surface area contributed by atoms with Gasteiger partial charge < -0.3 is 0 Å². The molecule has 15 heavy (non-hydrogen) atoms. The van der Waals surface area contributed by atoms with Crippen LogP contribution >= 0.6 is 0 Å². The molecule has 2 nitrogen and oxygen atoms in total. The summed E-state index contributed by atoms with van der Waals surface area (Å²) in [6.45, 7) is 8.85. The minimum Gasteiger partial charge on any atom is -0.294 e. The highest BCUT2D eigenvalue weighted by atomic mass is 16.1. The van der Waals surface area contributed by atoms with Gasteiger partial charge in [-0.05, 0) is 18.9 Å². The standard InChI is InChI=1S/C13H11NO/c1-9-3-8-12(15)13(9)10-4-6-11(14-2)7-5-10/h4-7H,3,8H2,1H3. The van der Waals surface area contributed by atoms with E-state index in [-0.39, 0.29) is 5.78 Å². The maximum atomic E-state index is 11.6. The van der Waals surface area contributed by atoms with E-state index in [9.17, 15) is 4.79 Å². The van der Waals surface area contributed by atoms with Crippen LogP contribution in [-0.2, 0) is 4.79 Å². The van der Waals surface area contributed by atoms with Gasteiger partial charge in [-0.1, -0.05) is 29.8 Å². The highest BCUT2D eigenvalue weighted by molar-refractivity contribution is 6.23. The number of ketones is 1. The van der Waals surface area contributed by atoms with Crippen molar-refractivity contribution in [3.05, 3.63) is 46.8 Å². The van der Waals surface area contributed by atoms with Gasteiger partial charge in [0.1, 0.15) is 0 Å². The molecule has 0 aromatic heterocycles. The summed E-state index contributed by atoms with van der Waals surface area (Å²) in [5, 5.41) is 0. The molecule has 0 N–H and O–H groups in total. The zero-order valence-electron chi connectivity index (χ0n) is 8.58. The van der Waals surface area contributed by atoms with Gasteiger partial charge in [-0.15, -0.1) is 0 Å². The Balaban J connectivity index is 2.43. The predicted molar refractivity (Wildman–Crippen MR) is 59.5 cm³/mol. The van der Waals surface area contributed by atoms with Crippen molar-refractivity contribution in [1.29, 1.82) is 0 Å². The lowest BCUT2D eigenvalue weighted by Gasteiger charge is -2.02. The number of nitrogens with zero attached hydrogens (tertiary/aromatic N) is 1. The smallest absolute Gasteiger partial charge is 0.187 e. The maximum absolute atomic E-state index is 11.6. The van der Waals surface area contributed by atoms with Gasteiger partial charge >= 0.3 is 0 Å². The summed E-state index contributed by atoms with van der Waals surface area (Å²) in [5.74, 6) is 0.225. The maximum Gasteiger partial charge on any atom is 0.187 e. The molecule has 1 aromatic carbocycles. The van der Waals surface area contributed by atoms with Gasteiger partial charge in [0, 0.05) is 12.0 Å². The lowest BCUT2D eigenvalue weighted by molar-refractivity contribution is -0.113. The molecule has 0 unspecified atom stereocenters. The minimum atomic E-state index is 0.225. The normalized spacial score (nSPS) is 15.6. The SMILES string of the molecule is [C-]#[N+]c1ccc(C2=C(C)CCC2=O)cc1. The first-order valence-electron chi connectivity index (χ1n) is 4.93. The fourth-order valence-corrected chi connectivity index (χ4v) is 1.90. The van der Waals surface area contributed by atoms with Gasteiger partial charge in [0.15, 0.2) is 11.5 Å². The summed E-state index contributed by atoms with van der Waals surface area (Å²) >= 11 is 0. The second-order valence-corrected chi connectivity index (χ2v) is 3.74. The molecule has 0 amide bonds. The number of carbonyl (C=O) groups is 1. The summed E-state index contributed by atoms with van der Waals surface area (Å²) in [7, 11) is 0. The number of allylic oxidation sites excluding steroid dienone is 2. The van der Waals surface area contributed by atoms with E-state index < -0.39 is 0 Å². The van der Waals surface area contributed by atoms with Gasteiger partial charge in [0.05, 0.1) is 6.57 Å². The Hall–Kier alpha value is -1.88. The Morgan fingerprint density at radius 2 is 1.87 bits per heavy atom. The third kappa shape index (κ3) is 1.69. The van der Waals surface area contributed by atoms with E-state index in [0.29, 0.717) is 12.1 Å². The number of carbonyl (C=O) groups excluding carboxylic acids is 1. The van der Waals surface area contributed by atoms with E-state index in [2.05, 4.69) is 4.85 Å². The zero-order chi connectivity index (χ0) is 10.8. The van der Waals surface area contributed by atoms with E-state index in [1.54, 1.807) is 12.1 Å². The first kappa shape index (κ1) is 9.67. The van der Waals surface area contributed by atoms with Crippen LogP contribution in [0.3, 0.4) is 0 Å². The zero-order valence-corrected chi connectivity index (χ0v) is 8.58. The summed E-state index contributed by atoms with van der Waals surface area (Å²) < 4.78 is 0. The van der Waals surface area contributed by atoms with Crippen molar-refractivity contribution in [2.45, 2.75) is 19.8 Å². The number of rotatable bonds is 1. The van der Waals surface area contributed by atoms with Crippen LogP contribution in [0.15, 0.2) is 29.8 Å². The minimum absolute atomic E-state index is 0.225. The molecule has 0 aliphatic heterocycles. The molecule has 0 heterocycles. The van der Waals surface area contributed by atoms with Crippen molar-refractivity contribution in [2.24, 2.45) is 0 Å². The average Bonchev–Trinajstić information content (AvgIpc) is 2.59. The fraction of sp³-hybridized carbons (Fsp3) is 0.231. The molecule has 0 atom stereocenters. The molecule has 2 heteroatoms. The van der Waals surface area contributed by atoms with Crippen LogP contribution in [0.2, 0.25) is 0 Å². The van der Waals surface area contributed by atoms with Gasteiger partial charge in [-0.25, -0.2) is 4.85 Å². The van der Waals surface area contributed by atoms with Gasteiger partial charge in [0.2, 0.25) is 0 Å². The van der Waals surface area contributed by atoms with Crippen LogP contribution in [0, 0.1) is 6.57 Å². The monoisotopic (exact) mass is 197 g/mol. The quantitative estimate of drug-likeness (QED) is 0.632. The van der Waals surface area contributed by atoms with Crippen LogP contribution in [-0.4, -0.2) is 5.78 Å². The lowest BCUT2D eigenvalue weighted by Crippen LogP contribution is -1.94. The van der Waals surface area contributed by atoms with Crippen LogP contribution < -0.4 is 0 Å². The third-order valence-corrected chi connectivity index (χ3v) is 2.72. The molecule has 0 radical (unpaired) electrons. The van der Waals surface area contributed by atoms with E-state index in [4.69, 9.17) is 6.57 Å². The van der Waals surface area contributed by atoms with E-state index in [0.717, 1.165) is 23.1 Å². The number of benzene rings is 1. The summed E-state index contributed by atoms with van der Waals surface area (Å²) in [6, 6.07) is 7.23. The Morgan fingerprint density at radius 3 is 2.33 bits per heavy atom. The van der Waals surface area contributed by atoms with Crippen molar-refractivity contribution in [2.75, 3.05) is 0 Å². The highest BCUT2D eigenvalue weighted by Crippen LogP contribution is 2.31. The van der Waals surface area contributed by atoms with Crippen molar-refractivity contribution < 1.29 is 4.79 Å². The van der Waals surface area contributed by atoms with E-state index >= 15 is 0 Å². The molecule has 74 valence electrons. The Bertz CT molecular complexity index is 474. The summed E-state index contributed by atoms with van der Waals surface area (Å²) in [5.41, 5.74) is 3.58. The Morgan fingerprint density at radius 1 is 1.20 bits per heavy atom. The van der Waals surface area contributed by atoms with Crippen molar-refractivity contribution in [3.8, 4) is 0 Å². The van der Waals surface area contributed by atoms with Gasteiger partial charge in [0.25, 0.3) is 0 Å². The molecule has 0 fully saturated rings. The Labute approximate surface area is 89.1 Å². The second kappa shape index (κ2) is 3.70. The lowest BCUT2D eigenvalue weighted by atomic mass is 10.0. The average molecular weight is 197 g/mol. The van der Waals surface area contributed by atoms with Crippen molar-refractivity contribution in [1.82, 2.24) is 0 Å². The Kier molecular flexibility index (Phi) is 2.39. The number of hydrogen-bond donors (Lipinski definition) is 0. The topological polar surface area (TPSA) is 21.4 Å². The summed E-state index contributed by atoms with van der Waals surface area (Å²) in [6.07, 6.45) is 1.50. The summed E-state index contributed by atoms with van der Waals surface area (Å²) in [4.78, 5) is 14.9. The van der Waals surface area contributed by atoms with Crippen molar-refractivity contribution in [3.63, 3.8) is 0 Å². The molecule has 1 aromatic rings. The molecular weight excluding hydrogens is 186 g/mol. The molecule has 0 saturated heterocycles. The first-order valence-corrected chi connectivity index (χ1v) is 4.93. The van der Waals surface area contributed by atoms with Crippen LogP contribution in [0.1, 0.15) is 25.3 Å². The highest BCUT2D eigenvalue weighted by Gasteiger charge is 2.21. The molecule has 2 rings (SSSR count). The molecule has 0 bridgehead atoms. The molecule has 0 spiro atoms. The van der Waals surface area contributed by atoms with Crippen LogP contribution in [0.25, 0.3) is 10.4 Å². The number of Topliss-reactive ketones (excluding diaryl/α,β-unsaturated/α-hetero) is 1. The van der Waals surface area contributed by atoms with Crippen molar-refractivity contribution >= 4 is 17.0 Å². The number of hydrogen-bond acceptors (Lipinski definition) is 1. The van der Waals surface area contributed by atoms with Crippen LogP contribution in [0.4, 0.5) is 5.69 Å². The predicted octanol–water partition coefficient (Wildman–Crippen LogP) is 3.37. The first-order chi connectivity index (χ1) is 7.22. The molecule has 1 aliphatic rings. The molecular formula is C13H11NO. The fourth-order valence-electron chi connectivity index (χ4n) is 1.90. The van der Waals surface area contributed by atoms with Crippen LogP contribution in [0.5, 0.6) is 0 Å². The second-order valence-electron chi connectivity index (χ2n) is 3.74. The van der Waals surface area contributed by atoms with E-state index in [1.165, 1.54) is 0 Å². The third-order valence-electron chi connectivity index (χ3n) is 2.72. The largest absolute Gasteiger partial charge is 0.294 e. The molecule has 1 aliphatic carbocycles.